The van der Waals surface area contributed by atoms with Gasteiger partial charge in [0.2, 0.25) is 0 Å². The molecule has 5 nitrogen and oxygen atoms in total. The van der Waals surface area contributed by atoms with Gasteiger partial charge < -0.3 is 0 Å². The van der Waals surface area contributed by atoms with Crippen LogP contribution in [0, 0.1) is 13.8 Å². The molecular weight excluding hydrogens is 350 g/mol. The maximum Gasteiger partial charge on any atom is 0.293 e. The van der Waals surface area contributed by atoms with Gasteiger partial charge in [-0.25, -0.2) is 10.2 Å². The van der Waals surface area contributed by atoms with Crippen molar-refractivity contribution < 1.29 is 9.63 Å². The topological polar surface area (TPSA) is 56.1 Å². The number of benzene rings is 2. The average molecular weight is 370 g/mol. The minimum absolute atomic E-state index is 0.363. The van der Waals surface area contributed by atoms with Gasteiger partial charge in [0, 0.05) is 5.56 Å². The van der Waals surface area contributed by atoms with Gasteiger partial charge in [0.1, 0.15) is 5.69 Å². The third-order valence-corrected chi connectivity index (χ3v) is 4.31. The molecule has 6 heteroatoms. The highest BCUT2D eigenvalue weighted by atomic mass is 35.5. The maximum absolute atomic E-state index is 12.6. The molecule has 0 fully saturated rings. The summed E-state index contributed by atoms with van der Waals surface area (Å²) in [5.41, 5.74) is 7.19. The first kappa shape index (κ1) is 18.2. The number of rotatable bonds is 5. The molecule has 1 heterocycles. The molecule has 0 unspecified atom stereocenters. The molecule has 26 heavy (non-hydrogen) atoms. The number of hydrogen-bond acceptors (Lipinski definition) is 3. The number of aryl methyl sites for hydroxylation is 2. The standard InChI is InChI=1S/C20H20ClN3O2/c1-4-26-23-20(25)19-12-17(15-7-5-6-8-16(15)21)22-24(19)18-10-9-13(2)11-14(18)3/h5-12H,4H2,1-3H3,(H,23,25). The minimum Gasteiger partial charge on any atom is -0.274 e. The van der Waals surface area contributed by atoms with Gasteiger partial charge in [0.25, 0.3) is 5.91 Å². The molecule has 0 aliphatic rings. The lowest BCUT2D eigenvalue weighted by Crippen LogP contribution is -2.26. The summed E-state index contributed by atoms with van der Waals surface area (Å²) in [5, 5.41) is 5.23. The van der Waals surface area contributed by atoms with Crippen molar-refractivity contribution in [2.75, 3.05) is 6.61 Å². The normalized spacial score (nSPS) is 10.8. The molecule has 3 rings (SSSR count). The van der Waals surface area contributed by atoms with Gasteiger partial charge in [-0.3, -0.25) is 9.63 Å². The van der Waals surface area contributed by atoms with Crippen LogP contribution in [0.25, 0.3) is 16.9 Å². The Labute approximate surface area is 157 Å². The van der Waals surface area contributed by atoms with Crippen LogP contribution in [0.4, 0.5) is 0 Å². The lowest BCUT2D eigenvalue weighted by Gasteiger charge is -2.11. The largest absolute Gasteiger partial charge is 0.293 e. The molecule has 1 amide bonds. The summed E-state index contributed by atoms with van der Waals surface area (Å²) in [6, 6.07) is 15.1. The molecule has 0 atom stereocenters. The van der Waals surface area contributed by atoms with Crippen LogP contribution in [0.5, 0.6) is 0 Å². The van der Waals surface area contributed by atoms with E-state index < -0.39 is 0 Å². The van der Waals surface area contributed by atoms with Crippen molar-refractivity contribution in [1.29, 1.82) is 0 Å². The van der Waals surface area contributed by atoms with Crippen LogP contribution in [0.1, 0.15) is 28.5 Å². The van der Waals surface area contributed by atoms with Gasteiger partial charge in [-0.15, -0.1) is 0 Å². The first-order valence-electron chi connectivity index (χ1n) is 8.36. The molecule has 1 aromatic heterocycles. The van der Waals surface area contributed by atoms with Gasteiger partial charge in [-0.05, 0) is 44.5 Å². The van der Waals surface area contributed by atoms with Crippen molar-refractivity contribution in [3.05, 3.63) is 70.4 Å². The monoisotopic (exact) mass is 369 g/mol. The van der Waals surface area contributed by atoms with E-state index in [1.54, 1.807) is 23.7 Å². The molecular formula is C20H20ClN3O2. The average Bonchev–Trinajstić information content (AvgIpc) is 3.05. The highest BCUT2D eigenvalue weighted by Crippen LogP contribution is 2.29. The van der Waals surface area contributed by atoms with Crippen LogP contribution >= 0.6 is 11.6 Å². The van der Waals surface area contributed by atoms with Gasteiger partial charge in [-0.1, -0.05) is 47.5 Å². The number of hydrogen-bond donors (Lipinski definition) is 1. The molecule has 1 N–H and O–H groups in total. The van der Waals surface area contributed by atoms with E-state index in [9.17, 15) is 4.79 Å². The van der Waals surface area contributed by atoms with E-state index >= 15 is 0 Å². The number of halogens is 1. The molecule has 0 bridgehead atoms. The molecule has 0 aliphatic carbocycles. The number of nitrogens with zero attached hydrogens (tertiary/aromatic N) is 2. The fourth-order valence-electron chi connectivity index (χ4n) is 2.76. The molecule has 0 saturated heterocycles. The summed E-state index contributed by atoms with van der Waals surface area (Å²) >= 11 is 6.31. The molecule has 0 aliphatic heterocycles. The zero-order chi connectivity index (χ0) is 18.7. The predicted molar refractivity (Wildman–Crippen MR) is 103 cm³/mol. The fraction of sp³-hybridized carbons (Fsp3) is 0.200. The number of hydroxylamine groups is 1. The second-order valence-electron chi connectivity index (χ2n) is 5.96. The molecule has 0 spiro atoms. The molecule has 0 saturated carbocycles. The number of carbonyl (C=O) groups excluding carboxylic acids is 1. The van der Waals surface area contributed by atoms with E-state index in [1.807, 2.05) is 44.2 Å². The second kappa shape index (κ2) is 7.72. The van der Waals surface area contributed by atoms with Gasteiger partial charge >= 0.3 is 0 Å². The maximum atomic E-state index is 12.6. The SMILES string of the molecule is CCONC(=O)c1cc(-c2ccccc2Cl)nn1-c1ccc(C)cc1C. The van der Waals surface area contributed by atoms with E-state index in [4.69, 9.17) is 16.4 Å². The second-order valence-corrected chi connectivity index (χ2v) is 6.37. The Morgan fingerprint density at radius 1 is 1.19 bits per heavy atom. The third-order valence-electron chi connectivity index (χ3n) is 3.98. The Balaban J connectivity index is 2.15. The van der Waals surface area contributed by atoms with E-state index in [0.29, 0.717) is 23.0 Å². The summed E-state index contributed by atoms with van der Waals surface area (Å²) < 4.78 is 1.63. The predicted octanol–water partition coefficient (Wildman–Crippen LogP) is 4.49. The number of aromatic nitrogens is 2. The highest BCUT2D eigenvalue weighted by Gasteiger charge is 2.19. The van der Waals surface area contributed by atoms with E-state index in [0.717, 1.165) is 22.4 Å². The molecule has 2 aromatic carbocycles. The van der Waals surface area contributed by atoms with Crippen LogP contribution in [0.3, 0.4) is 0 Å². The third kappa shape index (κ3) is 3.64. The van der Waals surface area contributed by atoms with Gasteiger partial charge in [0.15, 0.2) is 0 Å². The zero-order valence-electron chi connectivity index (χ0n) is 14.9. The van der Waals surface area contributed by atoms with Crippen molar-refractivity contribution in [3.63, 3.8) is 0 Å². The van der Waals surface area contributed by atoms with Crippen LogP contribution in [0.2, 0.25) is 5.02 Å². The Hall–Kier alpha value is -2.63. The van der Waals surface area contributed by atoms with Crippen molar-refractivity contribution in [2.45, 2.75) is 20.8 Å². The minimum atomic E-state index is -0.363. The Morgan fingerprint density at radius 2 is 1.96 bits per heavy atom. The lowest BCUT2D eigenvalue weighted by molar-refractivity contribution is 0.0357. The van der Waals surface area contributed by atoms with Crippen LogP contribution in [-0.4, -0.2) is 22.3 Å². The van der Waals surface area contributed by atoms with E-state index in [1.165, 1.54) is 0 Å². The Bertz CT molecular complexity index is 950. The van der Waals surface area contributed by atoms with Crippen molar-refractivity contribution in [1.82, 2.24) is 15.3 Å². The summed E-state index contributed by atoms with van der Waals surface area (Å²) in [5.74, 6) is -0.363. The van der Waals surface area contributed by atoms with Crippen LogP contribution < -0.4 is 5.48 Å². The van der Waals surface area contributed by atoms with Crippen molar-refractivity contribution >= 4 is 17.5 Å². The number of amides is 1. The zero-order valence-corrected chi connectivity index (χ0v) is 15.7. The first-order chi connectivity index (χ1) is 12.5. The first-order valence-corrected chi connectivity index (χ1v) is 8.73. The van der Waals surface area contributed by atoms with Crippen LogP contribution in [-0.2, 0) is 4.84 Å². The van der Waals surface area contributed by atoms with Gasteiger partial charge in [-0.2, -0.15) is 5.10 Å². The van der Waals surface area contributed by atoms with Crippen molar-refractivity contribution in [2.24, 2.45) is 0 Å². The van der Waals surface area contributed by atoms with E-state index in [-0.39, 0.29) is 5.91 Å². The van der Waals surface area contributed by atoms with Gasteiger partial charge in [0.05, 0.1) is 23.0 Å². The molecule has 0 radical (unpaired) electrons. The molecule has 134 valence electrons. The van der Waals surface area contributed by atoms with Crippen LogP contribution in [0.15, 0.2) is 48.5 Å². The van der Waals surface area contributed by atoms with Crippen molar-refractivity contribution in [3.8, 4) is 16.9 Å². The summed E-state index contributed by atoms with van der Waals surface area (Å²) in [7, 11) is 0. The summed E-state index contributed by atoms with van der Waals surface area (Å²) in [6.45, 7) is 6.19. The highest BCUT2D eigenvalue weighted by molar-refractivity contribution is 6.33. The fourth-order valence-corrected chi connectivity index (χ4v) is 2.99. The molecule has 3 aromatic rings. The lowest BCUT2D eigenvalue weighted by atomic mass is 10.1. The Kier molecular flexibility index (Phi) is 5.40. The smallest absolute Gasteiger partial charge is 0.274 e. The Morgan fingerprint density at radius 3 is 2.65 bits per heavy atom. The summed E-state index contributed by atoms with van der Waals surface area (Å²) in [6.07, 6.45) is 0. The number of carbonyl (C=O) groups is 1. The van der Waals surface area contributed by atoms with E-state index in [2.05, 4.69) is 16.6 Å². The quantitative estimate of drug-likeness (QED) is 0.674. The summed E-state index contributed by atoms with van der Waals surface area (Å²) in [4.78, 5) is 17.6. The number of nitrogens with one attached hydrogen (secondary N) is 1.